The highest BCUT2D eigenvalue weighted by Gasteiger charge is 2.15. The van der Waals surface area contributed by atoms with Gasteiger partial charge in [0.1, 0.15) is 5.60 Å². The van der Waals surface area contributed by atoms with Gasteiger partial charge in [-0.1, -0.05) is 0 Å². The lowest BCUT2D eigenvalue weighted by molar-refractivity contribution is 0.0497. The van der Waals surface area contributed by atoms with Crippen LogP contribution >= 0.6 is 0 Å². The zero-order chi connectivity index (χ0) is 12.2. The van der Waals surface area contributed by atoms with Gasteiger partial charge in [0.2, 0.25) is 0 Å². The van der Waals surface area contributed by atoms with Gasteiger partial charge in [0.25, 0.3) is 0 Å². The molecule has 0 fully saturated rings. The highest BCUT2D eigenvalue weighted by Crippen LogP contribution is 2.05. The van der Waals surface area contributed by atoms with Crippen LogP contribution in [-0.2, 0) is 18.3 Å². The minimum absolute atomic E-state index is 0.486. The quantitative estimate of drug-likeness (QED) is 0.753. The molecule has 0 aliphatic heterocycles. The van der Waals surface area contributed by atoms with E-state index < -0.39 is 11.7 Å². The van der Waals surface area contributed by atoms with Crippen LogP contribution in [0, 0.1) is 0 Å². The molecule has 6 heteroatoms. The lowest BCUT2D eigenvalue weighted by Crippen LogP contribution is -2.40. The summed E-state index contributed by atoms with van der Waals surface area (Å²) in [6, 6.07) is 0. The molecule has 16 heavy (non-hydrogen) atoms. The number of nitrogens with one attached hydrogen (secondary N) is 2. The van der Waals surface area contributed by atoms with Crippen molar-refractivity contribution in [3.8, 4) is 0 Å². The smallest absolute Gasteiger partial charge is 0.422 e. The molecular formula is C10H18N4O2. The van der Waals surface area contributed by atoms with E-state index >= 15 is 0 Å². The molecule has 0 spiro atoms. The predicted molar refractivity (Wildman–Crippen MR) is 59.4 cm³/mol. The first-order valence-corrected chi connectivity index (χ1v) is 5.06. The van der Waals surface area contributed by atoms with Crippen molar-refractivity contribution < 1.29 is 9.53 Å². The van der Waals surface area contributed by atoms with Gasteiger partial charge in [-0.25, -0.2) is 10.2 Å². The molecule has 1 amide bonds. The Morgan fingerprint density at radius 2 is 2.25 bits per heavy atom. The second-order valence-corrected chi connectivity index (χ2v) is 4.50. The molecule has 90 valence electrons. The average Bonchev–Trinajstić information content (AvgIpc) is 2.48. The van der Waals surface area contributed by atoms with E-state index in [2.05, 4.69) is 16.0 Å². The van der Waals surface area contributed by atoms with Crippen molar-refractivity contribution in [2.24, 2.45) is 7.05 Å². The Labute approximate surface area is 94.9 Å². The Kier molecular flexibility index (Phi) is 3.89. The first kappa shape index (κ1) is 12.5. The van der Waals surface area contributed by atoms with Crippen molar-refractivity contribution in [3.63, 3.8) is 0 Å². The maximum Gasteiger partial charge on any atom is 0.422 e. The molecule has 0 atom stereocenters. The molecule has 0 aliphatic rings. The number of amides is 1. The number of rotatable bonds is 3. The van der Waals surface area contributed by atoms with E-state index in [0.29, 0.717) is 6.54 Å². The number of nitrogens with zero attached hydrogens (tertiary/aromatic N) is 2. The van der Waals surface area contributed by atoms with Gasteiger partial charge in [0.05, 0.1) is 6.20 Å². The predicted octanol–water partition coefficient (Wildman–Crippen LogP) is 0.949. The van der Waals surface area contributed by atoms with E-state index in [9.17, 15) is 4.79 Å². The van der Waals surface area contributed by atoms with E-state index in [0.717, 1.165) is 5.56 Å². The average molecular weight is 226 g/mol. The summed E-state index contributed by atoms with van der Waals surface area (Å²) in [5, 5.41) is 4.01. The van der Waals surface area contributed by atoms with Gasteiger partial charge in [-0.05, 0) is 20.8 Å². The summed E-state index contributed by atoms with van der Waals surface area (Å²) in [5.41, 5.74) is 5.71. The van der Waals surface area contributed by atoms with Gasteiger partial charge in [0.15, 0.2) is 0 Å². The van der Waals surface area contributed by atoms with Gasteiger partial charge in [0, 0.05) is 25.4 Å². The molecule has 0 unspecified atom stereocenters. The number of hydrogen-bond acceptors (Lipinski definition) is 4. The van der Waals surface area contributed by atoms with Crippen molar-refractivity contribution >= 4 is 6.09 Å². The Morgan fingerprint density at radius 3 is 2.75 bits per heavy atom. The van der Waals surface area contributed by atoms with Crippen molar-refractivity contribution in [1.29, 1.82) is 0 Å². The number of carbonyl (C=O) groups excluding carboxylic acids is 1. The number of hydrogen-bond donors (Lipinski definition) is 2. The number of ether oxygens (including phenoxy) is 1. The Hall–Kier alpha value is -1.56. The van der Waals surface area contributed by atoms with Gasteiger partial charge in [-0.15, -0.1) is 0 Å². The lowest BCUT2D eigenvalue weighted by Gasteiger charge is -2.19. The third kappa shape index (κ3) is 4.79. The van der Waals surface area contributed by atoms with Gasteiger partial charge in [-0.2, -0.15) is 5.10 Å². The largest absolute Gasteiger partial charge is 0.443 e. The molecule has 0 aliphatic carbocycles. The zero-order valence-electron chi connectivity index (χ0n) is 10.1. The number of aromatic nitrogens is 2. The van der Waals surface area contributed by atoms with E-state index in [1.165, 1.54) is 0 Å². The topological polar surface area (TPSA) is 68.2 Å². The Bertz CT molecular complexity index is 354. The third-order valence-corrected chi connectivity index (χ3v) is 1.64. The molecule has 6 nitrogen and oxygen atoms in total. The summed E-state index contributed by atoms with van der Waals surface area (Å²) in [6.07, 6.45) is 3.10. The lowest BCUT2D eigenvalue weighted by atomic mass is 10.2. The van der Waals surface area contributed by atoms with Crippen molar-refractivity contribution in [2.75, 3.05) is 0 Å². The molecular weight excluding hydrogens is 208 g/mol. The molecule has 0 bridgehead atoms. The van der Waals surface area contributed by atoms with Crippen LogP contribution < -0.4 is 10.9 Å². The van der Waals surface area contributed by atoms with E-state index in [4.69, 9.17) is 4.74 Å². The first-order chi connectivity index (χ1) is 7.37. The van der Waals surface area contributed by atoms with Crippen LogP contribution in [-0.4, -0.2) is 21.5 Å². The fraction of sp³-hybridized carbons (Fsp3) is 0.600. The Morgan fingerprint density at radius 1 is 1.56 bits per heavy atom. The first-order valence-electron chi connectivity index (χ1n) is 5.06. The third-order valence-electron chi connectivity index (χ3n) is 1.64. The second-order valence-electron chi connectivity index (χ2n) is 4.50. The number of aryl methyl sites for hydroxylation is 1. The normalized spacial score (nSPS) is 11.2. The SMILES string of the molecule is Cn1cc(CNNC(=O)OC(C)(C)C)cn1. The number of carbonyl (C=O) groups is 1. The minimum Gasteiger partial charge on any atom is -0.443 e. The van der Waals surface area contributed by atoms with Gasteiger partial charge in [-0.3, -0.25) is 10.1 Å². The minimum atomic E-state index is -0.489. The Balaban J connectivity index is 2.23. The molecule has 2 N–H and O–H groups in total. The van der Waals surface area contributed by atoms with Crippen LogP contribution in [0.15, 0.2) is 12.4 Å². The van der Waals surface area contributed by atoms with Crippen molar-refractivity contribution in [3.05, 3.63) is 18.0 Å². The summed E-state index contributed by atoms with van der Waals surface area (Å²) in [5.74, 6) is 0. The van der Waals surface area contributed by atoms with Crippen LogP contribution in [0.2, 0.25) is 0 Å². The van der Waals surface area contributed by atoms with Crippen LogP contribution in [0.1, 0.15) is 26.3 Å². The van der Waals surface area contributed by atoms with Crippen LogP contribution in [0.3, 0.4) is 0 Å². The number of hydrazine groups is 1. The van der Waals surface area contributed by atoms with E-state index in [-0.39, 0.29) is 0 Å². The van der Waals surface area contributed by atoms with Crippen molar-refractivity contribution in [1.82, 2.24) is 20.6 Å². The highest BCUT2D eigenvalue weighted by molar-refractivity contribution is 5.66. The molecule has 0 saturated carbocycles. The van der Waals surface area contributed by atoms with Crippen LogP contribution in [0.4, 0.5) is 4.79 Å². The molecule has 0 aromatic carbocycles. The maximum atomic E-state index is 11.2. The highest BCUT2D eigenvalue weighted by atomic mass is 16.6. The molecule has 1 rings (SSSR count). The van der Waals surface area contributed by atoms with E-state index in [1.54, 1.807) is 10.9 Å². The molecule has 0 radical (unpaired) electrons. The molecule has 0 saturated heterocycles. The van der Waals surface area contributed by atoms with Gasteiger partial charge >= 0.3 is 6.09 Å². The van der Waals surface area contributed by atoms with Gasteiger partial charge < -0.3 is 4.74 Å². The maximum absolute atomic E-state index is 11.2. The van der Waals surface area contributed by atoms with Crippen LogP contribution in [0.25, 0.3) is 0 Å². The molecule has 1 aromatic rings. The second kappa shape index (κ2) is 4.98. The zero-order valence-corrected chi connectivity index (χ0v) is 10.1. The van der Waals surface area contributed by atoms with Crippen LogP contribution in [0.5, 0.6) is 0 Å². The van der Waals surface area contributed by atoms with Crippen molar-refractivity contribution in [2.45, 2.75) is 32.9 Å². The summed E-state index contributed by atoms with van der Waals surface area (Å²) in [7, 11) is 1.84. The summed E-state index contributed by atoms with van der Waals surface area (Å²) >= 11 is 0. The molecule has 1 aromatic heterocycles. The summed E-state index contributed by atoms with van der Waals surface area (Å²) in [6.45, 7) is 5.95. The van der Waals surface area contributed by atoms with E-state index in [1.807, 2.05) is 34.0 Å². The molecule has 1 heterocycles. The standard InChI is InChI=1S/C10H18N4O2/c1-10(2,3)16-9(15)13-11-5-8-6-12-14(4)7-8/h6-7,11H,5H2,1-4H3,(H,13,15). The summed E-state index contributed by atoms with van der Waals surface area (Å²) < 4.78 is 6.75. The monoisotopic (exact) mass is 226 g/mol. The fourth-order valence-electron chi connectivity index (χ4n) is 1.09. The summed E-state index contributed by atoms with van der Waals surface area (Å²) in [4.78, 5) is 11.2. The fourth-order valence-corrected chi connectivity index (χ4v) is 1.09.